The second-order valence-corrected chi connectivity index (χ2v) is 22.9. The van der Waals surface area contributed by atoms with Gasteiger partial charge in [0, 0.05) is 13.0 Å². The highest BCUT2D eigenvalue weighted by Crippen LogP contribution is 2.27. The highest BCUT2D eigenvalue weighted by Gasteiger charge is 2.47. The number of carbonyl (C=O) groups excluding carboxylic acids is 1. The molecule has 2 fully saturated rings. The van der Waals surface area contributed by atoms with Crippen LogP contribution in [0.1, 0.15) is 258 Å². The fourth-order valence-corrected chi connectivity index (χ4v) is 10.2. The Balaban J connectivity index is 1.67. The Morgan fingerprint density at radius 3 is 1.20 bits per heavy atom. The van der Waals surface area contributed by atoms with E-state index in [1.807, 2.05) is 0 Å². The lowest BCUT2D eigenvalue weighted by Gasteiger charge is -2.42. The van der Waals surface area contributed by atoms with E-state index in [-0.39, 0.29) is 25.6 Å². The van der Waals surface area contributed by atoms with Crippen LogP contribution in [0.4, 0.5) is 0 Å². The van der Waals surface area contributed by atoms with Crippen molar-refractivity contribution in [3.63, 3.8) is 0 Å². The van der Waals surface area contributed by atoms with Crippen LogP contribution in [0, 0.1) is 0 Å². The zero-order chi connectivity index (χ0) is 58.6. The number of hydrogen-bond acceptors (Lipinski definition) is 14. The average Bonchev–Trinajstić information content (AvgIpc) is 3.60. The first-order valence-electron chi connectivity index (χ1n) is 32.9. The summed E-state index contributed by atoms with van der Waals surface area (Å²) >= 11 is 0. The standard InChI is InChI=1S/C67H120O14/c1-3-5-7-9-11-13-15-17-19-21-23-25-26-27-28-29-31-33-35-37-39-41-43-45-47-49-51-76-53-56(54-77-66-65(75)63(73)61(71)58(81-66)55-78-67-64(74)62(72)60(70)57(52-68)80-67)79-59(69)50-48-46-44-42-40-38-36-34-32-30-24-22-20-18-16-14-12-10-8-6-4-2/h15-18,21-24,26-27,56-58,60-68,70-75H,3-14,19-20,25,28-55H2,1-2H3/b17-15-,18-16-,23-21-,24-22-,27-26-. The number of allylic oxidation sites excluding steroid dienone is 10. The van der Waals surface area contributed by atoms with Gasteiger partial charge in [0.25, 0.3) is 0 Å². The molecule has 0 aliphatic carbocycles. The summed E-state index contributed by atoms with van der Waals surface area (Å²) in [5, 5.41) is 72.5. The molecule has 2 aliphatic heterocycles. The fourth-order valence-electron chi connectivity index (χ4n) is 10.2. The number of rotatable bonds is 54. The minimum Gasteiger partial charge on any atom is -0.457 e. The summed E-state index contributed by atoms with van der Waals surface area (Å²) in [6.07, 6.45) is 51.4. The minimum absolute atomic E-state index is 0.0569. The van der Waals surface area contributed by atoms with Crippen molar-refractivity contribution < 1.29 is 69.0 Å². The number of hydrogen-bond donors (Lipinski definition) is 7. The third-order valence-corrected chi connectivity index (χ3v) is 15.5. The Morgan fingerprint density at radius 1 is 0.407 bits per heavy atom. The summed E-state index contributed by atoms with van der Waals surface area (Å²) in [4.78, 5) is 13.1. The van der Waals surface area contributed by atoms with Gasteiger partial charge in [0.2, 0.25) is 0 Å². The van der Waals surface area contributed by atoms with Gasteiger partial charge in [-0.3, -0.25) is 4.79 Å². The van der Waals surface area contributed by atoms with Crippen molar-refractivity contribution in [2.24, 2.45) is 0 Å². The summed E-state index contributed by atoms with van der Waals surface area (Å²) in [7, 11) is 0. The minimum atomic E-state index is -1.71. The molecule has 0 saturated carbocycles. The SMILES string of the molecule is CCCCCCC/C=C\C/C=C\C/C=C\CCCCCCCCCCCCCOCC(COC1OC(COC2OC(CO)C(O)C(O)C2O)C(O)C(O)C1O)OC(=O)CCCCCCCCCCC/C=C\C/C=C\CCCCCCC. The maximum atomic E-state index is 13.1. The first kappa shape index (κ1) is 74.8. The van der Waals surface area contributed by atoms with Gasteiger partial charge in [-0.15, -0.1) is 0 Å². The second kappa shape index (κ2) is 53.2. The molecule has 0 bridgehead atoms. The molecule has 0 aromatic heterocycles. The molecular formula is C67H120O14. The maximum absolute atomic E-state index is 13.1. The molecule has 0 amide bonds. The lowest BCUT2D eigenvalue weighted by atomic mass is 9.98. The zero-order valence-electron chi connectivity index (χ0n) is 51.0. The third-order valence-electron chi connectivity index (χ3n) is 15.5. The van der Waals surface area contributed by atoms with Gasteiger partial charge in [-0.25, -0.2) is 0 Å². The molecule has 11 unspecified atom stereocenters. The summed E-state index contributed by atoms with van der Waals surface area (Å²) in [6, 6.07) is 0. The van der Waals surface area contributed by atoms with Crippen LogP contribution in [0.3, 0.4) is 0 Å². The Hall–Kier alpha value is -2.31. The monoisotopic (exact) mass is 1150 g/mol. The highest BCUT2D eigenvalue weighted by molar-refractivity contribution is 5.69. The average molecular weight is 1150 g/mol. The maximum Gasteiger partial charge on any atom is 0.306 e. The van der Waals surface area contributed by atoms with Crippen molar-refractivity contribution in [3.05, 3.63) is 60.8 Å². The lowest BCUT2D eigenvalue weighted by molar-refractivity contribution is -0.332. The van der Waals surface area contributed by atoms with Crippen LogP contribution in [-0.4, -0.2) is 142 Å². The van der Waals surface area contributed by atoms with Crippen molar-refractivity contribution in [2.45, 2.75) is 325 Å². The lowest BCUT2D eigenvalue weighted by Crippen LogP contribution is -2.61. The van der Waals surface area contributed by atoms with E-state index >= 15 is 0 Å². The first-order chi connectivity index (χ1) is 39.6. The molecule has 2 heterocycles. The van der Waals surface area contributed by atoms with Gasteiger partial charge < -0.3 is 64.2 Å². The smallest absolute Gasteiger partial charge is 0.306 e. The molecule has 0 spiro atoms. The molecule has 0 aromatic carbocycles. The Morgan fingerprint density at radius 2 is 0.765 bits per heavy atom. The van der Waals surface area contributed by atoms with E-state index in [1.165, 1.54) is 167 Å². The van der Waals surface area contributed by atoms with E-state index in [0.717, 1.165) is 64.2 Å². The molecule has 81 heavy (non-hydrogen) atoms. The quantitative estimate of drug-likeness (QED) is 0.0172. The van der Waals surface area contributed by atoms with Crippen molar-refractivity contribution in [2.75, 3.05) is 33.0 Å². The number of carbonyl (C=O) groups is 1. The topological polar surface area (TPSA) is 214 Å². The van der Waals surface area contributed by atoms with Gasteiger partial charge in [0.1, 0.15) is 54.9 Å². The predicted molar refractivity (Wildman–Crippen MR) is 326 cm³/mol. The third kappa shape index (κ3) is 39.1. The largest absolute Gasteiger partial charge is 0.457 e. The van der Waals surface area contributed by atoms with Crippen molar-refractivity contribution in [1.29, 1.82) is 0 Å². The van der Waals surface area contributed by atoms with E-state index in [4.69, 9.17) is 28.4 Å². The van der Waals surface area contributed by atoms with Gasteiger partial charge in [-0.2, -0.15) is 0 Å². The number of unbranched alkanes of at least 4 members (excludes halogenated alkanes) is 30. The van der Waals surface area contributed by atoms with E-state index in [9.17, 15) is 40.5 Å². The van der Waals surface area contributed by atoms with E-state index in [2.05, 4.69) is 74.6 Å². The van der Waals surface area contributed by atoms with Gasteiger partial charge >= 0.3 is 5.97 Å². The zero-order valence-corrected chi connectivity index (χ0v) is 51.0. The molecule has 2 saturated heterocycles. The number of aliphatic hydroxyl groups excluding tert-OH is 7. The van der Waals surface area contributed by atoms with Crippen LogP contribution in [-0.2, 0) is 33.2 Å². The van der Waals surface area contributed by atoms with Crippen LogP contribution in [0.25, 0.3) is 0 Å². The molecule has 0 aromatic rings. The van der Waals surface area contributed by atoms with Crippen LogP contribution < -0.4 is 0 Å². The van der Waals surface area contributed by atoms with Crippen LogP contribution in [0.5, 0.6) is 0 Å². The molecule has 472 valence electrons. The Kier molecular flexibility index (Phi) is 49.1. The Bertz CT molecular complexity index is 1570. The molecular weight excluding hydrogens is 1030 g/mol. The molecule has 0 radical (unpaired) electrons. The number of ether oxygens (including phenoxy) is 6. The van der Waals surface area contributed by atoms with Gasteiger partial charge in [-0.05, 0) is 83.5 Å². The molecule has 14 nitrogen and oxygen atoms in total. The summed E-state index contributed by atoms with van der Waals surface area (Å²) in [6.45, 7) is 3.69. The highest BCUT2D eigenvalue weighted by atomic mass is 16.7. The van der Waals surface area contributed by atoms with Crippen LogP contribution in [0.15, 0.2) is 60.8 Å². The first-order valence-corrected chi connectivity index (χ1v) is 32.9. The van der Waals surface area contributed by atoms with Crippen molar-refractivity contribution >= 4 is 5.97 Å². The fraction of sp³-hybridized carbons (Fsp3) is 0.836. The molecule has 2 aliphatic rings. The molecule has 7 N–H and O–H groups in total. The normalized spacial score (nSPS) is 24.1. The van der Waals surface area contributed by atoms with Crippen LogP contribution >= 0.6 is 0 Å². The molecule has 2 rings (SSSR count). The second-order valence-electron chi connectivity index (χ2n) is 22.9. The number of aliphatic hydroxyl groups is 7. The summed E-state index contributed by atoms with van der Waals surface area (Å²) in [5.74, 6) is -0.380. The van der Waals surface area contributed by atoms with E-state index in [0.29, 0.717) is 13.0 Å². The van der Waals surface area contributed by atoms with Crippen molar-refractivity contribution in [3.8, 4) is 0 Å². The van der Waals surface area contributed by atoms with E-state index in [1.54, 1.807) is 0 Å². The Labute approximate surface area is 492 Å². The van der Waals surface area contributed by atoms with Gasteiger partial charge in [-0.1, -0.05) is 229 Å². The molecule has 14 heteroatoms. The van der Waals surface area contributed by atoms with Crippen LogP contribution in [0.2, 0.25) is 0 Å². The predicted octanol–water partition coefficient (Wildman–Crippen LogP) is 13.2. The van der Waals surface area contributed by atoms with Gasteiger partial charge in [0.05, 0.1) is 26.4 Å². The number of esters is 1. The summed E-state index contributed by atoms with van der Waals surface area (Å²) < 4.78 is 34.5. The molecule has 11 atom stereocenters. The van der Waals surface area contributed by atoms with Crippen molar-refractivity contribution in [1.82, 2.24) is 0 Å². The summed E-state index contributed by atoms with van der Waals surface area (Å²) in [5.41, 5.74) is 0. The van der Waals surface area contributed by atoms with Gasteiger partial charge in [0.15, 0.2) is 12.6 Å². The van der Waals surface area contributed by atoms with E-state index < -0.39 is 80.7 Å².